The fourth-order valence-corrected chi connectivity index (χ4v) is 2.79. The Labute approximate surface area is 122 Å². The molecule has 2 atom stereocenters. The molecule has 110 valence electrons. The molecule has 1 aromatic carbocycles. The van der Waals surface area contributed by atoms with Gasteiger partial charge in [0.25, 0.3) is 0 Å². The summed E-state index contributed by atoms with van der Waals surface area (Å²) in [6, 6.07) is 9.88. The van der Waals surface area contributed by atoms with Gasteiger partial charge in [0.1, 0.15) is 6.04 Å². The van der Waals surface area contributed by atoms with E-state index >= 15 is 0 Å². The topological polar surface area (TPSA) is 32.3 Å². The number of amides is 1. The molecule has 0 radical (unpaired) electrons. The molecule has 1 fully saturated rings. The van der Waals surface area contributed by atoms with E-state index in [1.807, 2.05) is 35.2 Å². The Hall–Kier alpha value is -1.35. The van der Waals surface area contributed by atoms with Crippen LogP contribution < -0.4 is 5.32 Å². The van der Waals surface area contributed by atoms with Crippen molar-refractivity contribution in [3.8, 4) is 0 Å². The Morgan fingerprint density at radius 3 is 2.55 bits per heavy atom. The number of carbonyl (C=O) groups is 1. The van der Waals surface area contributed by atoms with Crippen molar-refractivity contribution in [2.24, 2.45) is 5.92 Å². The molecule has 0 spiro atoms. The summed E-state index contributed by atoms with van der Waals surface area (Å²) in [6.07, 6.45) is 3.38. The molecule has 0 aromatic heterocycles. The molecule has 0 aliphatic carbocycles. The van der Waals surface area contributed by atoms with Gasteiger partial charge >= 0.3 is 0 Å². The number of rotatable bonds is 6. The zero-order chi connectivity index (χ0) is 14.5. The highest BCUT2D eigenvalue weighted by Gasteiger charge is 2.39. The molecule has 1 N–H and O–H groups in total. The standard InChI is InChI=1S/C17H26N2O/c1-4-5-11-19-15(12-13(2)3)18-16(17(19)20)14-9-7-6-8-10-14/h6-10,13,15-16,18H,4-5,11-12H2,1-3H3. The van der Waals surface area contributed by atoms with E-state index < -0.39 is 0 Å². The van der Waals surface area contributed by atoms with Crippen molar-refractivity contribution < 1.29 is 4.79 Å². The maximum absolute atomic E-state index is 12.7. The molecule has 2 rings (SSSR count). The third kappa shape index (κ3) is 3.40. The first-order chi connectivity index (χ1) is 9.63. The molecule has 1 aliphatic rings. The highest BCUT2D eigenvalue weighted by molar-refractivity contribution is 5.85. The zero-order valence-corrected chi connectivity index (χ0v) is 12.8. The van der Waals surface area contributed by atoms with Crippen molar-refractivity contribution >= 4 is 5.91 Å². The average Bonchev–Trinajstić information content (AvgIpc) is 2.73. The minimum atomic E-state index is -0.170. The van der Waals surface area contributed by atoms with Crippen molar-refractivity contribution in [1.29, 1.82) is 0 Å². The highest BCUT2D eigenvalue weighted by Crippen LogP contribution is 2.27. The van der Waals surface area contributed by atoms with Crippen LogP contribution in [0.4, 0.5) is 0 Å². The van der Waals surface area contributed by atoms with Crippen LogP contribution in [-0.2, 0) is 4.79 Å². The molecular formula is C17H26N2O. The van der Waals surface area contributed by atoms with Crippen LogP contribution in [-0.4, -0.2) is 23.5 Å². The van der Waals surface area contributed by atoms with Gasteiger partial charge in [-0.05, 0) is 24.3 Å². The van der Waals surface area contributed by atoms with Crippen LogP contribution >= 0.6 is 0 Å². The second kappa shape index (κ2) is 6.89. The van der Waals surface area contributed by atoms with Crippen LogP contribution in [0.5, 0.6) is 0 Å². The summed E-state index contributed by atoms with van der Waals surface area (Å²) in [5, 5.41) is 3.52. The van der Waals surface area contributed by atoms with Gasteiger partial charge in [0, 0.05) is 6.54 Å². The molecular weight excluding hydrogens is 248 g/mol. The van der Waals surface area contributed by atoms with Crippen LogP contribution in [0.1, 0.15) is 51.6 Å². The normalized spacial score (nSPS) is 22.8. The monoisotopic (exact) mass is 274 g/mol. The third-order valence-corrected chi connectivity index (χ3v) is 3.85. The van der Waals surface area contributed by atoms with E-state index in [0.29, 0.717) is 5.92 Å². The second-order valence-electron chi connectivity index (χ2n) is 6.04. The summed E-state index contributed by atoms with van der Waals surface area (Å²) in [6.45, 7) is 7.45. The van der Waals surface area contributed by atoms with Crippen molar-refractivity contribution in [2.45, 2.75) is 52.2 Å². The molecule has 1 saturated heterocycles. The van der Waals surface area contributed by atoms with E-state index in [0.717, 1.165) is 31.4 Å². The molecule has 3 heteroatoms. The van der Waals surface area contributed by atoms with E-state index in [1.54, 1.807) is 0 Å². The summed E-state index contributed by atoms with van der Waals surface area (Å²) < 4.78 is 0. The SMILES string of the molecule is CCCCN1C(=O)C(c2ccccc2)NC1CC(C)C. The van der Waals surface area contributed by atoms with E-state index in [4.69, 9.17) is 0 Å². The Balaban J connectivity index is 2.15. The number of carbonyl (C=O) groups excluding carboxylic acids is 1. The lowest BCUT2D eigenvalue weighted by Crippen LogP contribution is -2.38. The predicted molar refractivity (Wildman–Crippen MR) is 82.2 cm³/mol. The van der Waals surface area contributed by atoms with Crippen LogP contribution in [0, 0.1) is 5.92 Å². The van der Waals surface area contributed by atoms with Gasteiger partial charge in [0.15, 0.2) is 0 Å². The van der Waals surface area contributed by atoms with Crippen LogP contribution in [0.15, 0.2) is 30.3 Å². The lowest BCUT2D eigenvalue weighted by atomic mass is 10.1. The highest BCUT2D eigenvalue weighted by atomic mass is 16.2. The van der Waals surface area contributed by atoms with Gasteiger partial charge in [0.05, 0.1) is 6.17 Å². The van der Waals surface area contributed by atoms with Crippen molar-refractivity contribution in [3.63, 3.8) is 0 Å². The van der Waals surface area contributed by atoms with Crippen molar-refractivity contribution in [2.75, 3.05) is 6.54 Å². The summed E-state index contributed by atoms with van der Waals surface area (Å²) in [5.41, 5.74) is 1.07. The molecule has 2 unspecified atom stereocenters. The molecule has 1 amide bonds. The quantitative estimate of drug-likeness (QED) is 0.863. The molecule has 0 bridgehead atoms. The van der Waals surface area contributed by atoms with E-state index in [-0.39, 0.29) is 18.1 Å². The lowest BCUT2D eigenvalue weighted by Gasteiger charge is -2.25. The van der Waals surface area contributed by atoms with Gasteiger partial charge in [-0.1, -0.05) is 57.5 Å². The van der Waals surface area contributed by atoms with E-state index in [2.05, 4.69) is 26.1 Å². The first kappa shape index (κ1) is 15.0. The Morgan fingerprint density at radius 1 is 1.25 bits per heavy atom. The fourth-order valence-electron chi connectivity index (χ4n) is 2.79. The largest absolute Gasteiger partial charge is 0.325 e. The van der Waals surface area contributed by atoms with Crippen molar-refractivity contribution in [3.05, 3.63) is 35.9 Å². The number of unbranched alkanes of at least 4 members (excludes halogenated alkanes) is 1. The Morgan fingerprint density at radius 2 is 1.95 bits per heavy atom. The number of nitrogens with zero attached hydrogens (tertiary/aromatic N) is 1. The van der Waals surface area contributed by atoms with Crippen LogP contribution in [0.2, 0.25) is 0 Å². The molecule has 1 aromatic rings. The third-order valence-electron chi connectivity index (χ3n) is 3.85. The Bertz CT molecular complexity index is 430. The van der Waals surface area contributed by atoms with Crippen molar-refractivity contribution in [1.82, 2.24) is 10.2 Å². The van der Waals surface area contributed by atoms with Gasteiger partial charge in [-0.15, -0.1) is 0 Å². The maximum Gasteiger partial charge on any atom is 0.245 e. The molecule has 0 saturated carbocycles. The lowest BCUT2D eigenvalue weighted by molar-refractivity contribution is -0.130. The van der Waals surface area contributed by atoms with Gasteiger partial charge in [-0.2, -0.15) is 0 Å². The first-order valence-electron chi connectivity index (χ1n) is 7.75. The van der Waals surface area contributed by atoms with Crippen LogP contribution in [0.25, 0.3) is 0 Å². The number of hydrogen-bond acceptors (Lipinski definition) is 2. The smallest absolute Gasteiger partial charge is 0.245 e. The maximum atomic E-state index is 12.7. The summed E-state index contributed by atoms with van der Waals surface area (Å²) in [5.74, 6) is 0.814. The number of benzene rings is 1. The average molecular weight is 274 g/mol. The molecule has 1 aliphatic heterocycles. The number of nitrogens with one attached hydrogen (secondary N) is 1. The Kier molecular flexibility index (Phi) is 5.18. The second-order valence-corrected chi connectivity index (χ2v) is 6.04. The summed E-state index contributed by atoms with van der Waals surface area (Å²) >= 11 is 0. The minimum absolute atomic E-state index is 0.170. The minimum Gasteiger partial charge on any atom is -0.325 e. The number of hydrogen-bond donors (Lipinski definition) is 1. The van der Waals surface area contributed by atoms with E-state index in [1.165, 1.54) is 0 Å². The first-order valence-corrected chi connectivity index (χ1v) is 7.75. The van der Waals surface area contributed by atoms with Crippen LogP contribution in [0.3, 0.4) is 0 Å². The fraction of sp³-hybridized carbons (Fsp3) is 0.588. The van der Waals surface area contributed by atoms with E-state index in [9.17, 15) is 4.79 Å². The predicted octanol–water partition coefficient (Wildman–Crippen LogP) is 3.33. The zero-order valence-electron chi connectivity index (χ0n) is 12.8. The van der Waals surface area contributed by atoms with Gasteiger partial charge in [0.2, 0.25) is 5.91 Å². The van der Waals surface area contributed by atoms with Gasteiger partial charge in [-0.3, -0.25) is 10.1 Å². The molecule has 1 heterocycles. The van der Waals surface area contributed by atoms with Gasteiger partial charge < -0.3 is 4.90 Å². The van der Waals surface area contributed by atoms with Gasteiger partial charge in [-0.25, -0.2) is 0 Å². The summed E-state index contributed by atoms with van der Waals surface area (Å²) in [7, 11) is 0. The molecule has 20 heavy (non-hydrogen) atoms. The summed E-state index contributed by atoms with van der Waals surface area (Å²) in [4.78, 5) is 14.7. The molecule has 3 nitrogen and oxygen atoms in total.